The number of hydrogen-bond donors (Lipinski definition) is 0. The monoisotopic (exact) mass is 381 g/mol. The maximum Gasteiger partial charge on any atom is 0.277 e. The zero-order valence-electron chi connectivity index (χ0n) is 15.6. The first-order chi connectivity index (χ1) is 13.3. The summed E-state index contributed by atoms with van der Waals surface area (Å²) in [4.78, 5) is 50.8. The van der Waals surface area contributed by atoms with Crippen LogP contribution in [0.2, 0.25) is 0 Å². The summed E-state index contributed by atoms with van der Waals surface area (Å²) in [5, 5.41) is 5.94. The summed E-state index contributed by atoms with van der Waals surface area (Å²) in [6.45, 7) is 0. The zero-order chi connectivity index (χ0) is 20.2. The third-order valence-electron chi connectivity index (χ3n) is 5.31. The Bertz CT molecular complexity index is 890. The molecule has 2 atom stereocenters. The maximum absolute atomic E-state index is 12.7. The Hall–Kier alpha value is -3.14. The average Bonchev–Trinajstić information content (AvgIpc) is 3.11. The molecule has 4 amide bonds. The number of benzene rings is 1. The molecular formula is C19H19N5O4. The van der Waals surface area contributed by atoms with E-state index in [0.29, 0.717) is 11.1 Å². The minimum Gasteiger partial charge on any atom is -0.272 e. The van der Waals surface area contributed by atoms with Gasteiger partial charge in [0.25, 0.3) is 23.6 Å². The molecule has 0 bridgehead atoms. The first-order valence-electron chi connectivity index (χ1n) is 8.76. The van der Waals surface area contributed by atoms with Crippen LogP contribution in [0, 0.1) is 11.8 Å². The average molecular weight is 381 g/mol. The maximum atomic E-state index is 12.7. The van der Waals surface area contributed by atoms with Crippen LogP contribution in [0.15, 0.2) is 48.6 Å². The van der Waals surface area contributed by atoms with Gasteiger partial charge in [0.15, 0.2) is 0 Å². The summed E-state index contributed by atoms with van der Waals surface area (Å²) < 4.78 is 0. The Morgan fingerprint density at radius 2 is 1.14 bits per heavy atom. The number of amides is 4. The number of hydrogen-bond acceptors (Lipinski definition) is 7. The second kappa shape index (κ2) is 6.48. The van der Waals surface area contributed by atoms with Crippen molar-refractivity contribution in [3.8, 4) is 0 Å². The molecule has 3 aliphatic rings. The van der Waals surface area contributed by atoms with Gasteiger partial charge < -0.3 is 0 Å². The highest BCUT2D eigenvalue weighted by Gasteiger charge is 2.49. The van der Waals surface area contributed by atoms with Gasteiger partial charge in [-0.25, -0.2) is 0 Å². The molecule has 4 rings (SSSR count). The first-order valence-corrected chi connectivity index (χ1v) is 8.76. The fraction of sp³-hybridized carbons (Fsp3) is 0.263. The molecule has 2 unspecified atom stereocenters. The van der Waals surface area contributed by atoms with Gasteiger partial charge in [0.2, 0.25) is 0 Å². The molecule has 1 fully saturated rings. The van der Waals surface area contributed by atoms with Crippen molar-refractivity contribution >= 4 is 23.6 Å². The minimum absolute atomic E-state index is 0.310. The molecule has 1 saturated heterocycles. The van der Waals surface area contributed by atoms with E-state index in [1.807, 2.05) is 0 Å². The lowest BCUT2D eigenvalue weighted by atomic mass is 9.91. The summed E-state index contributed by atoms with van der Waals surface area (Å²) in [5.74, 6) is -2.75. The molecule has 1 aromatic carbocycles. The molecule has 144 valence electrons. The number of imide groups is 2. The van der Waals surface area contributed by atoms with E-state index in [2.05, 4.69) is 0 Å². The highest BCUT2D eigenvalue weighted by molar-refractivity contribution is 6.20. The highest BCUT2D eigenvalue weighted by atomic mass is 16.2. The summed E-state index contributed by atoms with van der Waals surface area (Å²) in [6, 6.07) is 6.55. The zero-order valence-corrected chi connectivity index (χ0v) is 15.6. The summed E-state index contributed by atoms with van der Waals surface area (Å²) in [5.41, 5.74) is 0.620. The largest absolute Gasteiger partial charge is 0.277 e. The van der Waals surface area contributed by atoms with Crippen molar-refractivity contribution in [2.75, 3.05) is 21.1 Å². The summed E-state index contributed by atoms with van der Waals surface area (Å²) in [7, 11) is 4.59. The number of hydrazine groups is 4. The van der Waals surface area contributed by atoms with Gasteiger partial charge in [-0.05, 0) is 12.1 Å². The van der Waals surface area contributed by atoms with Crippen LogP contribution in [0.3, 0.4) is 0 Å². The second-order valence-corrected chi connectivity index (χ2v) is 6.75. The molecule has 2 aliphatic heterocycles. The van der Waals surface area contributed by atoms with Crippen LogP contribution >= 0.6 is 0 Å². The Kier molecular flexibility index (Phi) is 4.22. The summed E-state index contributed by atoms with van der Waals surface area (Å²) in [6.07, 6.45) is 6.88. The van der Waals surface area contributed by atoms with E-state index in [4.69, 9.17) is 0 Å². The molecule has 9 nitrogen and oxygen atoms in total. The SMILES string of the molecule is CN(N1C(=O)c2ccccc2C1=O)N(C)N(C)N1C(=O)C2C=CC=CC2C1=O. The second-order valence-electron chi connectivity index (χ2n) is 6.75. The molecule has 1 aliphatic carbocycles. The van der Waals surface area contributed by atoms with Crippen LogP contribution in [0.25, 0.3) is 0 Å². The molecule has 0 radical (unpaired) electrons. The van der Waals surface area contributed by atoms with Gasteiger partial charge in [0.1, 0.15) is 0 Å². The van der Waals surface area contributed by atoms with Crippen molar-refractivity contribution in [3.05, 3.63) is 59.7 Å². The molecule has 0 spiro atoms. The normalized spacial score (nSPS) is 23.6. The quantitative estimate of drug-likeness (QED) is 0.554. The van der Waals surface area contributed by atoms with E-state index in [-0.39, 0.29) is 11.8 Å². The van der Waals surface area contributed by atoms with Crippen molar-refractivity contribution in [1.82, 2.24) is 25.4 Å². The van der Waals surface area contributed by atoms with Crippen LogP contribution in [-0.2, 0) is 9.59 Å². The number of fused-ring (bicyclic) bond motifs is 2. The van der Waals surface area contributed by atoms with Crippen LogP contribution in [0.4, 0.5) is 0 Å². The van der Waals surface area contributed by atoms with E-state index < -0.39 is 23.7 Å². The van der Waals surface area contributed by atoms with Crippen molar-refractivity contribution in [2.24, 2.45) is 11.8 Å². The lowest BCUT2D eigenvalue weighted by Crippen LogP contribution is -2.62. The Labute approximate surface area is 161 Å². The molecule has 28 heavy (non-hydrogen) atoms. The van der Waals surface area contributed by atoms with Crippen LogP contribution in [0.1, 0.15) is 20.7 Å². The van der Waals surface area contributed by atoms with Crippen molar-refractivity contribution < 1.29 is 19.2 Å². The fourth-order valence-electron chi connectivity index (χ4n) is 3.64. The van der Waals surface area contributed by atoms with Crippen molar-refractivity contribution in [2.45, 2.75) is 0 Å². The Balaban J connectivity index is 1.57. The topological polar surface area (TPSA) is 84.5 Å². The molecule has 0 aromatic heterocycles. The Morgan fingerprint density at radius 3 is 1.61 bits per heavy atom. The molecular weight excluding hydrogens is 362 g/mol. The minimum atomic E-state index is -0.544. The predicted octanol–water partition coefficient (Wildman–Crippen LogP) is 0.465. The molecule has 0 saturated carbocycles. The molecule has 9 heteroatoms. The fourth-order valence-corrected chi connectivity index (χ4v) is 3.64. The molecule has 0 N–H and O–H groups in total. The third kappa shape index (κ3) is 2.44. The first kappa shape index (κ1) is 18.2. The van der Waals surface area contributed by atoms with E-state index >= 15 is 0 Å². The number of rotatable bonds is 4. The molecule has 2 heterocycles. The van der Waals surface area contributed by atoms with Gasteiger partial charge in [-0.15, -0.1) is 15.4 Å². The Morgan fingerprint density at radius 1 is 0.714 bits per heavy atom. The van der Waals surface area contributed by atoms with Crippen molar-refractivity contribution in [3.63, 3.8) is 0 Å². The van der Waals surface area contributed by atoms with Crippen LogP contribution in [-0.4, -0.2) is 70.1 Å². The number of carbonyl (C=O) groups is 4. The van der Waals surface area contributed by atoms with E-state index in [9.17, 15) is 19.2 Å². The van der Waals surface area contributed by atoms with E-state index in [0.717, 1.165) is 10.0 Å². The number of nitrogens with zero attached hydrogens (tertiary/aromatic N) is 5. The van der Waals surface area contributed by atoms with Gasteiger partial charge in [0, 0.05) is 21.1 Å². The molecule has 1 aromatic rings. The van der Waals surface area contributed by atoms with Crippen LogP contribution < -0.4 is 0 Å². The lowest BCUT2D eigenvalue weighted by Gasteiger charge is -2.41. The van der Waals surface area contributed by atoms with Gasteiger partial charge >= 0.3 is 0 Å². The smallest absolute Gasteiger partial charge is 0.272 e. The summed E-state index contributed by atoms with van der Waals surface area (Å²) >= 11 is 0. The van der Waals surface area contributed by atoms with Crippen LogP contribution in [0.5, 0.6) is 0 Å². The van der Waals surface area contributed by atoms with Gasteiger partial charge in [-0.3, -0.25) is 19.2 Å². The van der Waals surface area contributed by atoms with Gasteiger partial charge in [-0.2, -0.15) is 10.0 Å². The number of allylic oxidation sites excluding steroid dienone is 2. The third-order valence-corrected chi connectivity index (χ3v) is 5.31. The van der Waals surface area contributed by atoms with Gasteiger partial charge in [0.05, 0.1) is 23.0 Å². The van der Waals surface area contributed by atoms with E-state index in [1.165, 1.54) is 29.4 Å². The van der Waals surface area contributed by atoms with E-state index in [1.54, 1.807) is 55.6 Å². The number of carbonyl (C=O) groups excluding carboxylic acids is 4. The van der Waals surface area contributed by atoms with Crippen molar-refractivity contribution in [1.29, 1.82) is 0 Å². The van der Waals surface area contributed by atoms with Gasteiger partial charge in [-0.1, -0.05) is 36.4 Å². The highest BCUT2D eigenvalue weighted by Crippen LogP contribution is 2.32. The lowest BCUT2D eigenvalue weighted by molar-refractivity contribution is -0.267. The standard InChI is InChI=1S/C19H19N5O4/c1-20(21(2)23-16(25)12-8-4-5-9-13(12)17(23)26)22(3)24-18(27)14-10-6-7-11-15(14)19(24)28/h4-13H,1-3H3. The predicted molar refractivity (Wildman–Crippen MR) is 97.3 cm³/mol.